The lowest BCUT2D eigenvalue weighted by Crippen LogP contribution is -2.17. The Balaban J connectivity index is 2.09. The summed E-state index contributed by atoms with van der Waals surface area (Å²) in [5.74, 6) is -0.0990. The van der Waals surface area contributed by atoms with Crippen molar-refractivity contribution in [1.82, 2.24) is 4.98 Å². The lowest BCUT2D eigenvalue weighted by Gasteiger charge is -2.13. The molecule has 0 saturated heterocycles. The smallest absolute Gasteiger partial charge is 0.494 e. The average Bonchev–Trinajstić information content (AvgIpc) is 2.81. The van der Waals surface area contributed by atoms with Gasteiger partial charge in [0.2, 0.25) is 0 Å². The number of anilines is 1. The monoisotopic (exact) mass is 338 g/mol. The minimum atomic E-state index is -4.74. The molecule has 2 rings (SSSR count). The first kappa shape index (κ1) is 15.7. The summed E-state index contributed by atoms with van der Waals surface area (Å²) in [6, 6.07) is 3.82. The van der Waals surface area contributed by atoms with E-state index in [4.69, 9.17) is 16.3 Å². The number of hydrogen-bond acceptors (Lipinski definition) is 5. The van der Waals surface area contributed by atoms with Gasteiger partial charge in [0.15, 0.2) is 4.47 Å². The summed E-state index contributed by atoms with van der Waals surface area (Å²) in [4.78, 5) is 4.78. The van der Waals surface area contributed by atoms with Crippen molar-refractivity contribution >= 4 is 28.6 Å². The molecule has 0 aliphatic heterocycles. The highest BCUT2D eigenvalue weighted by molar-refractivity contribution is 7.15. The molecule has 1 aromatic carbocycles. The highest BCUT2D eigenvalue weighted by Crippen LogP contribution is 2.32. The molecule has 0 spiro atoms. The molecule has 2 aromatic rings. The van der Waals surface area contributed by atoms with Gasteiger partial charge in [0.05, 0.1) is 19.3 Å². The van der Waals surface area contributed by atoms with Crippen LogP contribution in [0.15, 0.2) is 24.4 Å². The van der Waals surface area contributed by atoms with Gasteiger partial charge in [-0.25, -0.2) is 4.98 Å². The van der Waals surface area contributed by atoms with E-state index in [9.17, 15) is 13.2 Å². The third kappa shape index (κ3) is 4.68. The van der Waals surface area contributed by atoms with Crippen LogP contribution < -0.4 is 14.8 Å². The maximum absolute atomic E-state index is 12.2. The van der Waals surface area contributed by atoms with Crippen molar-refractivity contribution in [2.45, 2.75) is 12.9 Å². The van der Waals surface area contributed by atoms with Gasteiger partial charge in [0, 0.05) is 17.1 Å². The zero-order chi connectivity index (χ0) is 15.5. The molecule has 114 valence electrons. The van der Waals surface area contributed by atoms with Crippen LogP contribution in [0.5, 0.6) is 11.5 Å². The minimum Gasteiger partial charge on any atom is -0.494 e. The largest absolute Gasteiger partial charge is 0.573 e. The number of benzene rings is 1. The predicted molar refractivity (Wildman–Crippen MR) is 74.1 cm³/mol. The molecule has 0 aliphatic carbocycles. The summed E-state index contributed by atoms with van der Waals surface area (Å²) < 4.78 is 45.8. The first-order chi connectivity index (χ1) is 9.87. The van der Waals surface area contributed by atoms with E-state index in [2.05, 4.69) is 15.0 Å². The Morgan fingerprint density at radius 1 is 1.38 bits per heavy atom. The molecule has 0 unspecified atom stereocenters. The first-order valence-corrected chi connectivity index (χ1v) is 6.84. The van der Waals surface area contributed by atoms with Crippen LogP contribution >= 0.6 is 22.9 Å². The maximum atomic E-state index is 12.2. The second kappa shape index (κ2) is 6.40. The zero-order valence-corrected chi connectivity index (χ0v) is 12.3. The van der Waals surface area contributed by atoms with Gasteiger partial charge in [-0.15, -0.1) is 24.5 Å². The normalized spacial score (nSPS) is 11.3. The van der Waals surface area contributed by atoms with Gasteiger partial charge in [-0.2, -0.15) is 0 Å². The summed E-state index contributed by atoms with van der Waals surface area (Å²) >= 11 is 7.02. The van der Waals surface area contributed by atoms with Crippen molar-refractivity contribution < 1.29 is 22.6 Å². The molecule has 0 fully saturated rings. The van der Waals surface area contributed by atoms with E-state index in [1.54, 1.807) is 6.20 Å². The van der Waals surface area contributed by atoms with Crippen LogP contribution in [0.2, 0.25) is 4.47 Å². The van der Waals surface area contributed by atoms with Crippen molar-refractivity contribution in [3.8, 4) is 11.5 Å². The third-order valence-corrected chi connectivity index (χ3v) is 3.50. The van der Waals surface area contributed by atoms with Gasteiger partial charge < -0.3 is 14.8 Å². The number of nitrogens with one attached hydrogen (secondary N) is 1. The van der Waals surface area contributed by atoms with Crippen LogP contribution in [0.4, 0.5) is 18.9 Å². The topological polar surface area (TPSA) is 43.4 Å². The summed E-state index contributed by atoms with van der Waals surface area (Å²) in [6.07, 6.45) is -3.12. The van der Waals surface area contributed by atoms with Gasteiger partial charge in [0.1, 0.15) is 11.5 Å². The number of aromatic nitrogens is 1. The molecule has 4 nitrogen and oxygen atoms in total. The molecule has 1 heterocycles. The van der Waals surface area contributed by atoms with Crippen LogP contribution in [0.25, 0.3) is 0 Å². The molecule has 0 amide bonds. The fourth-order valence-corrected chi connectivity index (χ4v) is 2.48. The Kier molecular flexibility index (Phi) is 4.79. The molecule has 1 aromatic heterocycles. The second-order valence-corrected chi connectivity index (χ2v) is 5.54. The number of methoxy groups -OCH3 is 1. The molecule has 0 bridgehead atoms. The summed E-state index contributed by atoms with van der Waals surface area (Å²) in [7, 11) is 1.36. The van der Waals surface area contributed by atoms with Crippen LogP contribution in [-0.2, 0) is 6.54 Å². The molecular formula is C12H10ClF3N2O2S. The van der Waals surface area contributed by atoms with E-state index < -0.39 is 6.36 Å². The van der Waals surface area contributed by atoms with Crippen molar-refractivity contribution in [3.63, 3.8) is 0 Å². The van der Waals surface area contributed by atoms with Crippen molar-refractivity contribution in [3.05, 3.63) is 33.7 Å². The highest BCUT2D eigenvalue weighted by atomic mass is 35.5. The highest BCUT2D eigenvalue weighted by Gasteiger charge is 2.31. The number of hydrogen-bond donors (Lipinski definition) is 1. The fraction of sp³-hybridized carbons (Fsp3) is 0.250. The Morgan fingerprint density at radius 2 is 2.14 bits per heavy atom. The van der Waals surface area contributed by atoms with E-state index in [-0.39, 0.29) is 11.5 Å². The number of ether oxygens (including phenoxy) is 2. The van der Waals surface area contributed by atoms with E-state index in [1.807, 2.05) is 0 Å². The first-order valence-electron chi connectivity index (χ1n) is 5.65. The summed E-state index contributed by atoms with van der Waals surface area (Å²) in [5.41, 5.74) is 0.538. The molecule has 9 heteroatoms. The molecule has 0 saturated carbocycles. The molecule has 0 radical (unpaired) electrons. The lowest BCUT2D eigenvalue weighted by molar-refractivity contribution is -0.274. The van der Waals surface area contributed by atoms with Crippen LogP contribution in [0.3, 0.4) is 0 Å². The number of rotatable bonds is 5. The van der Waals surface area contributed by atoms with Gasteiger partial charge in [0.25, 0.3) is 0 Å². The molecule has 0 aliphatic rings. The second-order valence-electron chi connectivity index (χ2n) is 3.84. The third-order valence-electron chi connectivity index (χ3n) is 2.38. The van der Waals surface area contributed by atoms with Gasteiger partial charge in [-0.3, -0.25) is 0 Å². The van der Waals surface area contributed by atoms with Crippen LogP contribution in [-0.4, -0.2) is 18.5 Å². The predicted octanol–water partition coefficient (Wildman–Crippen LogP) is 4.32. The van der Waals surface area contributed by atoms with E-state index in [1.165, 1.54) is 30.6 Å². The molecule has 21 heavy (non-hydrogen) atoms. The molecule has 0 atom stereocenters. The van der Waals surface area contributed by atoms with Crippen molar-refractivity contribution in [2.75, 3.05) is 12.4 Å². The number of alkyl halides is 3. The lowest BCUT2D eigenvalue weighted by atomic mass is 10.2. The quantitative estimate of drug-likeness (QED) is 0.882. The van der Waals surface area contributed by atoms with E-state index in [0.717, 1.165) is 10.9 Å². The Bertz CT molecular complexity index is 619. The zero-order valence-electron chi connectivity index (χ0n) is 10.7. The SMILES string of the molecule is COc1cc(OC(F)(F)F)ccc1NCc1cnc(Cl)s1. The number of thiazole rings is 1. The molecular weight excluding hydrogens is 329 g/mol. The average molecular weight is 339 g/mol. The number of halogens is 4. The Hall–Kier alpha value is -1.67. The molecule has 1 N–H and O–H groups in total. The van der Waals surface area contributed by atoms with Gasteiger partial charge >= 0.3 is 6.36 Å². The standard InChI is InChI=1S/C12H10ClF3N2O2S/c1-19-10-4-7(20-12(14,15)16)2-3-9(10)17-5-8-6-18-11(13)21-8/h2-4,6,17H,5H2,1H3. The van der Waals surface area contributed by atoms with Gasteiger partial charge in [-0.05, 0) is 12.1 Å². The van der Waals surface area contributed by atoms with Crippen molar-refractivity contribution in [1.29, 1.82) is 0 Å². The fourth-order valence-electron chi connectivity index (χ4n) is 1.56. The van der Waals surface area contributed by atoms with Crippen LogP contribution in [0.1, 0.15) is 4.88 Å². The summed E-state index contributed by atoms with van der Waals surface area (Å²) in [6.45, 7) is 0.431. The number of nitrogens with zero attached hydrogens (tertiary/aromatic N) is 1. The maximum Gasteiger partial charge on any atom is 0.573 e. The van der Waals surface area contributed by atoms with Gasteiger partial charge in [-0.1, -0.05) is 11.6 Å². The Morgan fingerprint density at radius 3 is 2.71 bits per heavy atom. The minimum absolute atomic E-state index is 0.243. The van der Waals surface area contributed by atoms with Crippen molar-refractivity contribution in [2.24, 2.45) is 0 Å². The van der Waals surface area contributed by atoms with E-state index in [0.29, 0.717) is 16.7 Å². The van der Waals surface area contributed by atoms with E-state index >= 15 is 0 Å². The van der Waals surface area contributed by atoms with Crippen LogP contribution in [0, 0.1) is 0 Å². The summed E-state index contributed by atoms with van der Waals surface area (Å²) in [5, 5.41) is 3.03. The Labute approximate surface area is 127 Å².